The molecule has 6 nitrogen and oxygen atoms in total. The van der Waals surface area contributed by atoms with Gasteiger partial charge in [0.15, 0.2) is 0 Å². The van der Waals surface area contributed by atoms with E-state index in [4.69, 9.17) is 11.6 Å². The van der Waals surface area contributed by atoms with Crippen LogP contribution >= 0.6 is 11.6 Å². The lowest BCUT2D eigenvalue weighted by Crippen LogP contribution is -2.18. The average molecular weight is 318 g/mol. The third-order valence-electron chi connectivity index (χ3n) is 2.72. The lowest BCUT2D eigenvalue weighted by atomic mass is 10.1. The van der Waals surface area contributed by atoms with Gasteiger partial charge in [-0.25, -0.2) is 15.2 Å². The normalized spacial score (nSPS) is 10.5. The van der Waals surface area contributed by atoms with Gasteiger partial charge in [0.05, 0.1) is 24.5 Å². The van der Waals surface area contributed by atoms with Crippen molar-refractivity contribution < 1.29 is 14.3 Å². The van der Waals surface area contributed by atoms with Crippen LogP contribution < -0.4 is 5.43 Å². The summed E-state index contributed by atoms with van der Waals surface area (Å²) in [6, 6.07) is 9.72. The Labute approximate surface area is 131 Å². The zero-order valence-corrected chi connectivity index (χ0v) is 12.4. The monoisotopic (exact) mass is 317 g/mol. The minimum atomic E-state index is -0.458. The summed E-state index contributed by atoms with van der Waals surface area (Å²) in [4.78, 5) is 26.9. The van der Waals surface area contributed by atoms with Crippen molar-refractivity contribution in [3.05, 3.63) is 64.4 Å². The molecule has 0 radical (unpaired) electrons. The first-order valence-electron chi connectivity index (χ1n) is 6.24. The van der Waals surface area contributed by atoms with Gasteiger partial charge in [0.1, 0.15) is 5.15 Å². The Balaban J connectivity index is 1.99. The molecule has 7 heteroatoms. The molecule has 112 valence electrons. The number of hydrazone groups is 1. The molecule has 22 heavy (non-hydrogen) atoms. The van der Waals surface area contributed by atoms with Crippen molar-refractivity contribution in [1.82, 2.24) is 10.4 Å². The molecule has 0 atom stereocenters. The first-order valence-corrected chi connectivity index (χ1v) is 6.62. The van der Waals surface area contributed by atoms with Crippen LogP contribution in [0, 0.1) is 0 Å². The Kier molecular flexibility index (Phi) is 5.21. The molecule has 1 heterocycles. The standard InChI is InChI=1S/C15H12ClN3O3/c1-22-15(21)11-6-4-10(5-7-11)9-18-19-14(20)12-3-2-8-17-13(12)16/h2-9H,1H3,(H,19,20). The molecule has 1 aromatic heterocycles. The number of nitrogens with zero attached hydrogens (tertiary/aromatic N) is 2. The molecule has 1 N–H and O–H groups in total. The summed E-state index contributed by atoms with van der Waals surface area (Å²) in [6.45, 7) is 0. The fourth-order valence-corrected chi connectivity index (χ4v) is 1.81. The number of amides is 1. The van der Waals surface area contributed by atoms with E-state index in [-0.39, 0.29) is 10.7 Å². The van der Waals surface area contributed by atoms with Crippen LogP contribution in [0.1, 0.15) is 26.3 Å². The fraction of sp³-hybridized carbons (Fsp3) is 0.0667. The first-order chi connectivity index (χ1) is 10.6. The maximum absolute atomic E-state index is 11.8. The van der Waals surface area contributed by atoms with Crippen LogP contribution in [0.3, 0.4) is 0 Å². The molecule has 1 amide bonds. The summed E-state index contributed by atoms with van der Waals surface area (Å²) in [6.07, 6.45) is 2.94. The molecule has 0 saturated heterocycles. The maximum Gasteiger partial charge on any atom is 0.337 e. The van der Waals surface area contributed by atoms with Crippen molar-refractivity contribution in [3.8, 4) is 0 Å². The Bertz CT molecular complexity index is 714. The second-order valence-corrected chi connectivity index (χ2v) is 4.51. The van der Waals surface area contributed by atoms with E-state index in [9.17, 15) is 9.59 Å². The van der Waals surface area contributed by atoms with E-state index < -0.39 is 11.9 Å². The number of esters is 1. The molecule has 1 aromatic carbocycles. The number of carbonyl (C=O) groups is 2. The molecule has 0 saturated carbocycles. The van der Waals surface area contributed by atoms with Crippen molar-refractivity contribution in [1.29, 1.82) is 0 Å². The Morgan fingerprint density at radius 2 is 2.00 bits per heavy atom. The summed E-state index contributed by atoms with van der Waals surface area (Å²) in [5, 5.41) is 3.94. The summed E-state index contributed by atoms with van der Waals surface area (Å²) in [7, 11) is 1.32. The van der Waals surface area contributed by atoms with Crippen LogP contribution in [0.2, 0.25) is 5.15 Å². The Morgan fingerprint density at radius 1 is 1.27 bits per heavy atom. The minimum Gasteiger partial charge on any atom is -0.465 e. The molecular formula is C15H12ClN3O3. The summed E-state index contributed by atoms with van der Waals surface area (Å²) in [5.74, 6) is -0.872. The van der Waals surface area contributed by atoms with Gasteiger partial charge in [0, 0.05) is 6.20 Å². The highest BCUT2D eigenvalue weighted by atomic mass is 35.5. The van der Waals surface area contributed by atoms with Crippen LogP contribution in [-0.4, -0.2) is 30.2 Å². The number of aromatic nitrogens is 1. The predicted octanol–water partition coefficient (Wildman–Crippen LogP) is 2.29. The van der Waals surface area contributed by atoms with E-state index in [0.717, 1.165) is 0 Å². The van der Waals surface area contributed by atoms with Gasteiger partial charge < -0.3 is 4.74 Å². The van der Waals surface area contributed by atoms with Crippen molar-refractivity contribution >= 4 is 29.7 Å². The van der Waals surface area contributed by atoms with E-state index in [1.54, 1.807) is 36.4 Å². The lowest BCUT2D eigenvalue weighted by Gasteiger charge is -2.01. The zero-order chi connectivity index (χ0) is 15.9. The van der Waals surface area contributed by atoms with E-state index in [1.165, 1.54) is 19.5 Å². The molecule has 2 rings (SSSR count). The van der Waals surface area contributed by atoms with Gasteiger partial charge in [0.25, 0.3) is 5.91 Å². The van der Waals surface area contributed by atoms with Gasteiger partial charge in [-0.15, -0.1) is 0 Å². The van der Waals surface area contributed by atoms with E-state index in [0.29, 0.717) is 11.1 Å². The highest BCUT2D eigenvalue weighted by Crippen LogP contribution is 2.10. The molecule has 0 spiro atoms. The van der Waals surface area contributed by atoms with Gasteiger partial charge >= 0.3 is 5.97 Å². The van der Waals surface area contributed by atoms with Crippen molar-refractivity contribution in [3.63, 3.8) is 0 Å². The number of hydrogen-bond donors (Lipinski definition) is 1. The quantitative estimate of drug-likeness (QED) is 0.406. The number of nitrogens with one attached hydrogen (secondary N) is 1. The number of benzene rings is 1. The number of rotatable bonds is 4. The molecule has 0 fully saturated rings. The van der Waals surface area contributed by atoms with Gasteiger partial charge in [-0.3, -0.25) is 4.79 Å². The second-order valence-electron chi connectivity index (χ2n) is 4.15. The molecule has 0 aliphatic rings. The summed E-state index contributed by atoms with van der Waals surface area (Å²) >= 11 is 5.81. The van der Waals surface area contributed by atoms with Gasteiger partial charge in [0.2, 0.25) is 0 Å². The topological polar surface area (TPSA) is 80.6 Å². The van der Waals surface area contributed by atoms with Gasteiger partial charge in [-0.2, -0.15) is 5.10 Å². The highest BCUT2D eigenvalue weighted by Gasteiger charge is 2.09. The number of pyridine rings is 1. The molecule has 2 aromatic rings. The van der Waals surface area contributed by atoms with Crippen LogP contribution in [0.25, 0.3) is 0 Å². The van der Waals surface area contributed by atoms with E-state index in [1.807, 2.05) is 0 Å². The van der Waals surface area contributed by atoms with Gasteiger partial charge in [-0.05, 0) is 29.8 Å². The molecule has 0 bridgehead atoms. The number of methoxy groups -OCH3 is 1. The van der Waals surface area contributed by atoms with Crippen molar-refractivity contribution in [2.75, 3.05) is 7.11 Å². The molecule has 0 aliphatic carbocycles. The van der Waals surface area contributed by atoms with Crippen molar-refractivity contribution in [2.45, 2.75) is 0 Å². The highest BCUT2D eigenvalue weighted by molar-refractivity contribution is 6.32. The third-order valence-corrected chi connectivity index (χ3v) is 3.02. The van der Waals surface area contributed by atoms with Crippen LogP contribution in [0.15, 0.2) is 47.7 Å². The molecule has 0 unspecified atom stereocenters. The number of ether oxygens (including phenoxy) is 1. The van der Waals surface area contributed by atoms with Gasteiger partial charge in [-0.1, -0.05) is 23.7 Å². The second kappa shape index (κ2) is 7.33. The predicted molar refractivity (Wildman–Crippen MR) is 82.1 cm³/mol. The Hall–Kier alpha value is -2.73. The fourth-order valence-electron chi connectivity index (χ4n) is 1.60. The maximum atomic E-state index is 11.8. The van der Waals surface area contributed by atoms with E-state index in [2.05, 4.69) is 20.2 Å². The van der Waals surface area contributed by atoms with Crippen LogP contribution in [-0.2, 0) is 4.74 Å². The van der Waals surface area contributed by atoms with E-state index >= 15 is 0 Å². The summed E-state index contributed by atoms with van der Waals surface area (Å²) in [5.41, 5.74) is 3.74. The van der Waals surface area contributed by atoms with Crippen molar-refractivity contribution in [2.24, 2.45) is 5.10 Å². The number of halogens is 1. The zero-order valence-electron chi connectivity index (χ0n) is 11.6. The molecular weight excluding hydrogens is 306 g/mol. The molecule has 0 aliphatic heterocycles. The Morgan fingerprint density at radius 3 is 2.64 bits per heavy atom. The minimum absolute atomic E-state index is 0.109. The van der Waals surface area contributed by atoms with Crippen LogP contribution in [0.5, 0.6) is 0 Å². The van der Waals surface area contributed by atoms with Crippen LogP contribution in [0.4, 0.5) is 0 Å². The largest absolute Gasteiger partial charge is 0.465 e. The number of hydrogen-bond acceptors (Lipinski definition) is 5. The number of carbonyl (C=O) groups excluding carboxylic acids is 2. The summed E-state index contributed by atoms with van der Waals surface area (Å²) < 4.78 is 4.60. The average Bonchev–Trinajstić information content (AvgIpc) is 2.55. The SMILES string of the molecule is COC(=O)c1ccc(C=NNC(=O)c2cccnc2Cl)cc1. The third kappa shape index (κ3) is 3.89. The lowest BCUT2D eigenvalue weighted by molar-refractivity contribution is 0.0600. The smallest absolute Gasteiger partial charge is 0.337 e. The first kappa shape index (κ1) is 15.7.